The summed E-state index contributed by atoms with van der Waals surface area (Å²) in [5.74, 6) is -0.0857. The Morgan fingerprint density at radius 3 is 2.26 bits per heavy atom. The number of carboxylic acid groups (broad SMARTS) is 1. The van der Waals surface area contributed by atoms with Crippen LogP contribution in [0.4, 0.5) is 0 Å². The van der Waals surface area contributed by atoms with E-state index in [4.69, 9.17) is 9.47 Å². The van der Waals surface area contributed by atoms with Crippen molar-refractivity contribution in [3.63, 3.8) is 0 Å². The van der Waals surface area contributed by atoms with Gasteiger partial charge >= 0.3 is 5.97 Å². The summed E-state index contributed by atoms with van der Waals surface area (Å²) < 4.78 is 11.2. The number of aliphatic carboxylic acids is 1. The second-order valence-electron chi connectivity index (χ2n) is 5.26. The zero-order chi connectivity index (χ0) is 16.7. The Bertz CT molecular complexity index is 651. The number of para-hydroxylation sites is 2. The van der Waals surface area contributed by atoms with Crippen LogP contribution in [0, 0.1) is 6.92 Å². The predicted octanol–water partition coefficient (Wildman–Crippen LogP) is 4.03. The van der Waals surface area contributed by atoms with Gasteiger partial charge in [-0.2, -0.15) is 0 Å². The number of rotatable bonds is 8. The molecule has 0 aliphatic rings. The van der Waals surface area contributed by atoms with Crippen molar-refractivity contribution >= 4 is 5.97 Å². The molecule has 0 heterocycles. The highest BCUT2D eigenvalue weighted by atomic mass is 16.5. The van der Waals surface area contributed by atoms with Gasteiger partial charge in [0.05, 0.1) is 19.1 Å². The van der Waals surface area contributed by atoms with Crippen molar-refractivity contribution in [1.82, 2.24) is 0 Å². The van der Waals surface area contributed by atoms with Gasteiger partial charge in [-0.3, -0.25) is 4.79 Å². The number of hydrogen-bond acceptors (Lipinski definition) is 3. The molecule has 4 nitrogen and oxygen atoms in total. The van der Waals surface area contributed by atoms with E-state index in [2.05, 4.69) is 0 Å². The minimum atomic E-state index is -0.832. The molecule has 0 spiro atoms. The van der Waals surface area contributed by atoms with Gasteiger partial charge in [-0.25, -0.2) is 0 Å². The van der Waals surface area contributed by atoms with E-state index in [0.29, 0.717) is 31.1 Å². The van der Waals surface area contributed by atoms with Crippen molar-refractivity contribution in [2.45, 2.75) is 26.2 Å². The van der Waals surface area contributed by atoms with E-state index < -0.39 is 11.9 Å². The summed E-state index contributed by atoms with van der Waals surface area (Å²) in [5.41, 5.74) is 1.82. The van der Waals surface area contributed by atoms with Crippen LogP contribution < -0.4 is 9.47 Å². The third kappa shape index (κ3) is 4.49. The Hall–Kier alpha value is -2.49. The molecule has 4 heteroatoms. The van der Waals surface area contributed by atoms with Crippen LogP contribution in [-0.2, 0) is 4.79 Å². The van der Waals surface area contributed by atoms with Crippen molar-refractivity contribution in [3.8, 4) is 11.5 Å². The van der Waals surface area contributed by atoms with Gasteiger partial charge in [0.25, 0.3) is 0 Å². The predicted molar refractivity (Wildman–Crippen MR) is 89.3 cm³/mol. The van der Waals surface area contributed by atoms with E-state index in [1.165, 1.54) is 0 Å². The molecular formula is C19H22O4. The van der Waals surface area contributed by atoms with Crippen LogP contribution in [0.25, 0.3) is 0 Å². The van der Waals surface area contributed by atoms with Crippen LogP contribution in [0.1, 0.15) is 30.4 Å². The SMILES string of the molecule is CCOc1ccccc1OCCC(C(=O)O)c1ccccc1C. The molecule has 2 aromatic carbocycles. The molecule has 2 rings (SSSR count). The lowest BCUT2D eigenvalue weighted by Gasteiger charge is -2.16. The Kier molecular flexibility index (Phi) is 6.03. The molecule has 122 valence electrons. The van der Waals surface area contributed by atoms with Gasteiger partial charge in [0.15, 0.2) is 11.5 Å². The maximum atomic E-state index is 11.6. The van der Waals surface area contributed by atoms with E-state index >= 15 is 0 Å². The standard InChI is InChI=1S/C19H22O4/c1-3-22-17-10-6-7-11-18(17)23-13-12-16(19(20)21)15-9-5-4-8-14(15)2/h4-11,16H,3,12-13H2,1-2H3,(H,20,21). The van der Waals surface area contributed by atoms with Gasteiger partial charge in [0.2, 0.25) is 0 Å². The van der Waals surface area contributed by atoms with Crippen LogP contribution >= 0.6 is 0 Å². The molecule has 0 fully saturated rings. The highest BCUT2D eigenvalue weighted by Gasteiger charge is 2.21. The van der Waals surface area contributed by atoms with Crippen LogP contribution in [-0.4, -0.2) is 24.3 Å². The van der Waals surface area contributed by atoms with Crippen LogP contribution in [0.3, 0.4) is 0 Å². The Morgan fingerprint density at radius 2 is 1.65 bits per heavy atom. The van der Waals surface area contributed by atoms with Crippen LogP contribution in [0.15, 0.2) is 48.5 Å². The molecule has 2 aromatic rings. The molecule has 0 radical (unpaired) electrons. The maximum Gasteiger partial charge on any atom is 0.311 e. The summed E-state index contributed by atoms with van der Waals surface area (Å²) in [7, 11) is 0. The normalized spacial score (nSPS) is 11.7. The third-order valence-corrected chi connectivity index (χ3v) is 3.68. The van der Waals surface area contributed by atoms with Crippen LogP contribution in [0.2, 0.25) is 0 Å². The second-order valence-corrected chi connectivity index (χ2v) is 5.26. The molecule has 0 aliphatic carbocycles. The lowest BCUT2D eigenvalue weighted by molar-refractivity contribution is -0.139. The zero-order valence-corrected chi connectivity index (χ0v) is 13.5. The largest absolute Gasteiger partial charge is 0.490 e. The average molecular weight is 314 g/mol. The first-order valence-corrected chi connectivity index (χ1v) is 7.76. The molecular weight excluding hydrogens is 292 g/mol. The van der Waals surface area contributed by atoms with Gasteiger partial charge in [-0.15, -0.1) is 0 Å². The first-order chi connectivity index (χ1) is 11.1. The molecule has 0 aromatic heterocycles. The Balaban J connectivity index is 2.04. The van der Waals surface area contributed by atoms with Gasteiger partial charge < -0.3 is 14.6 Å². The number of carbonyl (C=O) groups is 1. The summed E-state index contributed by atoms with van der Waals surface area (Å²) in [6.45, 7) is 4.71. The molecule has 1 unspecified atom stereocenters. The fourth-order valence-electron chi connectivity index (χ4n) is 2.52. The van der Waals surface area contributed by atoms with Gasteiger partial charge in [0, 0.05) is 0 Å². The highest BCUT2D eigenvalue weighted by Crippen LogP contribution is 2.28. The molecule has 1 N–H and O–H groups in total. The van der Waals surface area contributed by atoms with Crippen molar-refractivity contribution in [1.29, 1.82) is 0 Å². The Morgan fingerprint density at radius 1 is 1.04 bits per heavy atom. The number of carboxylic acids is 1. The quantitative estimate of drug-likeness (QED) is 0.799. The molecule has 23 heavy (non-hydrogen) atoms. The van der Waals surface area contributed by atoms with Gasteiger partial charge in [-0.05, 0) is 43.5 Å². The van der Waals surface area contributed by atoms with E-state index in [1.54, 1.807) is 0 Å². The summed E-state index contributed by atoms with van der Waals surface area (Å²) in [6, 6.07) is 15.0. The zero-order valence-electron chi connectivity index (χ0n) is 13.5. The van der Waals surface area contributed by atoms with E-state index in [0.717, 1.165) is 11.1 Å². The summed E-state index contributed by atoms with van der Waals surface area (Å²) in [4.78, 5) is 11.6. The molecule has 0 saturated carbocycles. The third-order valence-electron chi connectivity index (χ3n) is 3.68. The van der Waals surface area contributed by atoms with E-state index in [9.17, 15) is 9.90 Å². The molecule has 0 saturated heterocycles. The number of benzene rings is 2. The van der Waals surface area contributed by atoms with Crippen molar-refractivity contribution < 1.29 is 19.4 Å². The second kappa shape index (κ2) is 8.22. The smallest absolute Gasteiger partial charge is 0.311 e. The van der Waals surface area contributed by atoms with Crippen LogP contribution in [0.5, 0.6) is 11.5 Å². The molecule has 0 bridgehead atoms. The minimum Gasteiger partial charge on any atom is -0.490 e. The summed E-state index contributed by atoms with van der Waals surface area (Å²) in [6.07, 6.45) is 0.403. The first-order valence-electron chi connectivity index (χ1n) is 7.76. The van der Waals surface area contributed by atoms with Gasteiger partial charge in [0.1, 0.15) is 0 Å². The maximum absolute atomic E-state index is 11.6. The lowest BCUT2D eigenvalue weighted by Crippen LogP contribution is -2.16. The molecule has 1 atom stereocenters. The lowest BCUT2D eigenvalue weighted by atomic mass is 9.92. The van der Waals surface area contributed by atoms with Crippen molar-refractivity contribution in [3.05, 3.63) is 59.7 Å². The fourth-order valence-corrected chi connectivity index (χ4v) is 2.52. The average Bonchev–Trinajstić information content (AvgIpc) is 2.54. The van der Waals surface area contributed by atoms with E-state index in [-0.39, 0.29) is 0 Å². The molecule has 0 amide bonds. The first kappa shape index (κ1) is 16.9. The van der Waals surface area contributed by atoms with Crippen molar-refractivity contribution in [2.75, 3.05) is 13.2 Å². The highest BCUT2D eigenvalue weighted by molar-refractivity contribution is 5.76. The number of aryl methyl sites for hydroxylation is 1. The fraction of sp³-hybridized carbons (Fsp3) is 0.316. The topological polar surface area (TPSA) is 55.8 Å². The summed E-state index contributed by atoms with van der Waals surface area (Å²) >= 11 is 0. The monoisotopic (exact) mass is 314 g/mol. The van der Waals surface area contributed by atoms with Gasteiger partial charge in [-0.1, -0.05) is 36.4 Å². The molecule has 0 aliphatic heterocycles. The Labute approximate surface area is 136 Å². The van der Waals surface area contributed by atoms with E-state index in [1.807, 2.05) is 62.4 Å². The number of ether oxygens (including phenoxy) is 2. The summed E-state index contributed by atoms with van der Waals surface area (Å²) in [5, 5.41) is 9.51. The number of hydrogen-bond donors (Lipinski definition) is 1. The van der Waals surface area contributed by atoms with Crippen molar-refractivity contribution in [2.24, 2.45) is 0 Å². The minimum absolute atomic E-state index is 0.315.